The van der Waals surface area contributed by atoms with Crippen LogP contribution in [0.4, 0.5) is 11.5 Å². The SMILES string of the molecule is CC(C)(C)c1nnc2ccc(N3CCC(C(=O)Nc4ccccc4)CC3)nn12. The zero-order chi connectivity index (χ0) is 19.7. The summed E-state index contributed by atoms with van der Waals surface area (Å²) in [5.41, 5.74) is 1.48. The number of nitrogens with one attached hydrogen (secondary N) is 1. The van der Waals surface area contributed by atoms with Crippen molar-refractivity contribution in [2.24, 2.45) is 5.92 Å². The Labute approximate surface area is 164 Å². The van der Waals surface area contributed by atoms with Crippen molar-refractivity contribution in [1.82, 2.24) is 19.8 Å². The predicted octanol–water partition coefficient (Wildman–Crippen LogP) is 3.28. The van der Waals surface area contributed by atoms with Crippen molar-refractivity contribution >= 4 is 23.1 Å². The molecule has 146 valence electrons. The number of carbonyl (C=O) groups excluding carboxylic acids is 1. The fourth-order valence-electron chi connectivity index (χ4n) is 3.55. The van der Waals surface area contributed by atoms with E-state index in [1.54, 1.807) is 0 Å². The van der Waals surface area contributed by atoms with Gasteiger partial charge in [-0.15, -0.1) is 15.3 Å². The smallest absolute Gasteiger partial charge is 0.227 e. The number of anilines is 2. The minimum atomic E-state index is -0.131. The van der Waals surface area contributed by atoms with Crippen LogP contribution in [0, 0.1) is 5.92 Å². The molecule has 0 unspecified atom stereocenters. The number of fused-ring (bicyclic) bond motifs is 1. The average Bonchev–Trinajstić information content (AvgIpc) is 3.12. The summed E-state index contributed by atoms with van der Waals surface area (Å²) in [5.74, 6) is 1.88. The Bertz CT molecular complexity index is 967. The van der Waals surface area contributed by atoms with Crippen LogP contribution in [0.2, 0.25) is 0 Å². The third-order valence-electron chi connectivity index (χ3n) is 5.15. The molecule has 28 heavy (non-hydrogen) atoms. The minimum Gasteiger partial charge on any atom is -0.355 e. The Morgan fingerprint density at radius 2 is 1.75 bits per heavy atom. The van der Waals surface area contributed by atoms with E-state index in [0.717, 1.165) is 48.9 Å². The average molecular weight is 378 g/mol. The van der Waals surface area contributed by atoms with Gasteiger partial charge in [0.05, 0.1) is 0 Å². The van der Waals surface area contributed by atoms with Crippen LogP contribution in [-0.4, -0.2) is 38.8 Å². The highest BCUT2D eigenvalue weighted by molar-refractivity contribution is 5.92. The van der Waals surface area contributed by atoms with Crippen molar-refractivity contribution in [1.29, 1.82) is 0 Å². The highest BCUT2D eigenvalue weighted by Crippen LogP contribution is 2.25. The number of hydrogen-bond donors (Lipinski definition) is 1. The zero-order valence-electron chi connectivity index (χ0n) is 16.6. The quantitative estimate of drug-likeness (QED) is 0.757. The molecular weight excluding hydrogens is 352 g/mol. The molecule has 0 bridgehead atoms. The van der Waals surface area contributed by atoms with Gasteiger partial charge in [0, 0.05) is 30.1 Å². The lowest BCUT2D eigenvalue weighted by atomic mass is 9.95. The molecule has 3 aromatic rings. The van der Waals surface area contributed by atoms with E-state index in [-0.39, 0.29) is 17.2 Å². The first-order chi connectivity index (χ1) is 13.4. The van der Waals surface area contributed by atoms with Crippen molar-refractivity contribution in [3.63, 3.8) is 0 Å². The number of hydrogen-bond acceptors (Lipinski definition) is 5. The summed E-state index contributed by atoms with van der Waals surface area (Å²) in [6.07, 6.45) is 1.62. The molecule has 1 aliphatic heterocycles. The number of rotatable bonds is 3. The molecule has 7 nitrogen and oxygen atoms in total. The molecule has 0 saturated carbocycles. The molecule has 1 amide bonds. The summed E-state index contributed by atoms with van der Waals surface area (Å²) in [7, 11) is 0. The summed E-state index contributed by atoms with van der Waals surface area (Å²) in [6, 6.07) is 13.6. The molecule has 0 aliphatic carbocycles. The first kappa shape index (κ1) is 18.4. The highest BCUT2D eigenvalue weighted by Gasteiger charge is 2.27. The standard InChI is InChI=1S/C21H26N6O/c1-21(2,3)20-24-23-17-9-10-18(25-27(17)20)26-13-11-15(12-14-26)19(28)22-16-7-5-4-6-8-16/h4-10,15H,11-14H2,1-3H3,(H,22,28). The summed E-state index contributed by atoms with van der Waals surface area (Å²) < 4.78 is 1.84. The third-order valence-corrected chi connectivity index (χ3v) is 5.15. The molecule has 0 atom stereocenters. The Morgan fingerprint density at radius 3 is 2.43 bits per heavy atom. The van der Waals surface area contributed by atoms with E-state index in [1.165, 1.54) is 0 Å². The van der Waals surface area contributed by atoms with Gasteiger partial charge in [0.1, 0.15) is 5.82 Å². The number of carbonyl (C=O) groups is 1. The van der Waals surface area contributed by atoms with E-state index in [1.807, 2.05) is 47.0 Å². The third kappa shape index (κ3) is 3.69. The maximum absolute atomic E-state index is 12.5. The largest absolute Gasteiger partial charge is 0.355 e. The highest BCUT2D eigenvalue weighted by atomic mass is 16.1. The van der Waals surface area contributed by atoms with E-state index in [0.29, 0.717) is 0 Å². The van der Waals surface area contributed by atoms with Gasteiger partial charge in [-0.2, -0.15) is 4.52 Å². The van der Waals surface area contributed by atoms with E-state index in [9.17, 15) is 4.79 Å². The van der Waals surface area contributed by atoms with Gasteiger partial charge >= 0.3 is 0 Å². The van der Waals surface area contributed by atoms with Gasteiger partial charge in [-0.05, 0) is 37.1 Å². The van der Waals surface area contributed by atoms with E-state index >= 15 is 0 Å². The molecule has 7 heteroatoms. The van der Waals surface area contributed by atoms with E-state index in [2.05, 4.69) is 41.2 Å². The van der Waals surface area contributed by atoms with Crippen LogP contribution in [0.1, 0.15) is 39.4 Å². The van der Waals surface area contributed by atoms with Gasteiger partial charge < -0.3 is 10.2 Å². The van der Waals surface area contributed by atoms with Crippen LogP contribution in [0.5, 0.6) is 0 Å². The maximum atomic E-state index is 12.5. The number of benzene rings is 1. The van der Waals surface area contributed by atoms with Crippen molar-refractivity contribution in [3.05, 3.63) is 48.3 Å². The number of para-hydroxylation sites is 1. The maximum Gasteiger partial charge on any atom is 0.227 e. The van der Waals surface area contributed by atoms with Crippen LogP contribution >= 0.6 is 0 Å². The molecule has 1 aliphatic rings. The molecule has 0 radical (unpaired) electrons. The normalized spacial score (nSPS) is 15.8. The van der Waals surface area contributed by atoms with Crippen LogP contribution in [0.25, 0.3) is 5.65 Å². The summed E-state index contributed by atoms with van der Waals surface area (Å²) >= 11 is 0. The zero-order valence-corrected chi connectivity index (χ0v) is 16.6. The Hall–Kier alpha value is -2.96. The van der Waals surface area contributed by atoms with Gasteiger partial charge in [0.25, 0.3) is 0 Å². The second-order valence-corrected chi connectivity index (χ2v) is 8.35. The number of piperidine rings is 1. The van der Waals surface area contributed by atoms with Crippen molar-refractivity contribution in [3.8, 4) is 0 Å². The van der Waals surface area contributed by atoms with Crippen LogP contribution in [0.3, 0.4) is 0 Å². The molecule has 1 saturated heterocycles. The topological polar surface area (TPSA) is 75.4 Å². The van der Waals surface area contributed by atoms with Gasteiger partial charge in [0.2, 0.25) is 5.91 Å². The number of nitrogens with zero attached hydrogens (tertiary/aromatic N) is 5. The second-order valence-electron chi connectivity index (χ2n) is 8.35. The Kier molecular flexibility index (Phi) is 4.75. The summed E-state index contributed by atoms with van der Waals surface area (Å²) in [4.78, 5) is 14.8. The Morgan fingerprint density at radius 1 is 1.04 bits per heavy atom. The van der Waals surface area contributed by atoms with Crippen LogP contribution < -0.4 is 10.2 Å². The van der Waals surface area contributed by atoms with Crippen LogP contribution in [0.15, 0.2) is 42.5 Å². The second kappa shape index (κ2) is 7.22. The molecule has 1 aromatic carbocycles. The summed E-state index contributed by atoms with van der Waals surface area (Å²) in [5, 5.41) is 16.3. The fraction of sp³-hybridized carbons (Fsp3) is 0.429. The lowest BCUT2D eigenvalue weighted by molar-refractivity contribution is -0.120. The van der Waals surface area contributed by atoms with Gasteiger partial charge in [-0.25, -0.2) is 0 Å². The molecular formula is C21H26N6O. The Balaban J connectivity index is 1.44. The molecule has 3 heterocycles. The molecule has 0 spiro atoms. The first-order valence-corrected chi connectivity index (χ1v) is 9.75. The molecule has 2 aromatic heterocycles. The number of amides is 1. The van der Waals surface area contributed by atoms with Crippen molar-refractivity contribution in [2.75, 3.05) is 23.3 Å². The first-order valence-electron chi connectivity index (χ1n) is 9.75. The lowest BCUT2D eigenvalue weighted by Crippen LogP contribution is -2.38. The van der Waals surface area contributed by atoms with Crippen molar-refractivity contribution in [2.45, 2.75) is 39.0 Å². The van der Waals surface area contributed by atoms with E-state index < -0.39 is 0 Å². The van der Waals surface area contributed by atoms with Crippen LogP contribution in [-0.2, 0) is 10.2 Å². The van der Waals surface area contributed by atoms with Gasteiger partial charge in [-0.3, -0.25) is 4.79 Å². The van der Waals surface area contributed by atoms with Gasteiger partial charge in [-0.1, -0.05) is 39.0 Å². The number of aromatic nitrogens is 4. The fourth-order valence-corrected chi connectivity index (χ4v) is 3.55. The molecule has 1 fully saturated rings. The summed E-state index contributed by atoms with van der Waals surface area (Å²) in [6.45, 7) is 7.93. The lowest BCUT2D eigenvalue weighted by Gasteiger charge is -2.32. The van der Waals surface area contributed by atoms with Crippen molar-refractivity contribution < 1.29 is 4.79 Å². The minimum absolute atomic E-state index is 0.0280. The monoisotopic (exact) mass is 378 g/mol. The van der Waals surface area contributed by atoms with E-state index in [4.69, 9.17) is 5.10 Å². The predicted molar refractivity (Wildman–Crippen MR) is 109 cm³/mol. The van der Waals surface area contributed by atoms with Gasteiger partial charge in [0.15, 0.2) is 11.5 Å². The molecule has 4 rings (SSSR count). The molecule has 1 N–H and O–H groups in total.